The van der Waals surface area contributed by atoms with Gasteiger partial charge in [-0.05, 0) is 43.9 Å². The van der Waals surface area contributed by atoms with Crippen molar-refractivity contribution in [3.63, 3.8) is 0 Å². The van der Waals surface area contributed by atoms with Crippen molar-refractivity contribution in [2.45, 2.75) is 50.5 Å². The Morgan fingerprint density at radius 1 is 1.27 bits per heavy atom. The van der Waals surface area contributed by atoms with E-state index in [-0.39, 0.29) is 29.8 Å². The van der Waals surface area contributed by atoms with Gasteiger partial charge in [0.15, 0.2) is 0 Å². The van der Waals surface area contributed by atoms with Crippen LogP contribution in [0.2, 0.25) is 0 Å². The Kier molecular flexibility index (Phi) is 4.29. The standard InChI is InChI=1S/C16H19F2NO3/c1-21-14-8-11-5-6-12(9-14)19(11)15(20)10-3-2-4-13(7-10)22-16(17)18/h2-4,7,11-12,14,16H,5-6,8-9H2,1H3/t11-,12+,14?. The molecule has 0 radical (unpaired) electrons. The van der Waals surface area contributed by atoms with Crippen LogP contribution in [0.15, 0.2) is 24.3 Å². The molecule has 2 saturated heterocycles. The quantitative estimate of drug-likeness (QED) is 0.858. The van der Waals surface area contributed by atoms with Gasteiger partial charge in [-0.1, -0.05) is 6.07 Å². The molecule has 2 bridgehead atoms. The maximum atomic E-state index is 12.7. The number of ether oxygens (including phenoxy) is 2. The molecule has 1 aromatic carbocycles. The van der Waals surface area contributed by atoms with E-state index < -0.39 is 6.61 Å². The lowest BCUT2D eigenvalue weighted by Gasteiger charge is -2.38. The van der Waals surface area contributed by atoms with Crippen molar-refractivity contribution < 1.29 is 23.0 Å². The molecule has 0 aliphatic carbocycles. The highest BCUT2D eigenvalue weighted by Crippen LogP contribution is 2.37. The molecule has 0 saturated carbocycles. The zero-order valence-electron chi connectivity index (χ0n) is 12.4. The summed E-state index contributed by atoms with van der Waals surface area (Å²) in [6, 6.07) is 6.37. The summed E-state index contributed by atoms with van der Waals surface area (Å²) < 4.78 is 34.4. The number of alkyl halides is 2. The van der Waals surface area contributed by atoms with Crippen LogP contribution in [0, 0.1) is 0 Å². The zero-order chi connectivity index (χ0) is 15.7. The van der Waals surface area contributed by atoms with Gasteiger partial charge in [0.1, 0.15) is 5.75 Å². The van der Waals surface area contributed by atoms with Gasteiger partial charge >= 0.3 is 6.61 Å². The van der Waals surface area contributed by atoms with Crippen LogP contribution in [-0.2, 0) is 4.74 Å². The van der Waals surface area contributed by atoms with E-state index in [1.54, 1.807) is 19.2 Å². The molecule has 2 aliphatic heterocycles. The number of piperidine rings is 1. The van der Waals surface area contributed by atoms with Crippen LogP contribution < -0.4 is 4.74 Å². The third kappa shape index (κ3) is 2.92. The normalized spacial score (nSPS) is 27.3. The van der Waals surface area contributed by atoms with E-state index in [2.05, 4.69) is 4.74 Å². The van der Waals surface area contributed by atoms with Crippen molar-refractivity contribution in [3.8, 4) is 5.75 Å². The second kappa shape index (κ2) is 6.20. The predicted octanol–water partition coefficient (Wildman–Crippen LogP) is 3.07. The first-order valence-corrected chi connectivity index (χ1v) is 7.49. The SMILES string of the molecule is COC1C[C@H]2CC[C@@H](C1)N2C(=O)c1cccc(OC(F)F)c1. The van der Waals surface area contributed by atoms with E-state index in [0.717, 1.165) is 25.7 Å². The van der Waals surface area contributed by atoms with Crippen molar-refractivity contribution in [1.82, 2.24) is 4.90 Å². The van der Waals surface area contributed by atoms with Gasteiger partial charge in [-0.15, -0.1) is 0 Å². The van der Waals surface area contributed by atoms with Gasteiger partial charge in [-0.3, -0.25) is 4.79 Å². The summed E-state index contributed by atoms with van der Waals surface area (Å²) in [4.78, 5) is 14.6. The number of fused-ring (bicyclic) bond motifs is 2. The van der Waals surface area contributed by atoms with E-state index in [0.29, 0.717) is 5.56 Å². The molecule has 0 N–H and O–H groups in total. The minimum absolute atomic E-state index is 0.0139. The van der Waals surface area contributed by atoms with Crippen molar-refractivity contribution >= 4 is 5.91 Å². The first kappa shape index (κ1) is 15.2. The Labute approximate surface area is 128 Å². The van der Waals surface area contributed by atoms with Gasteiger partial charge in [0.25, 0.3) is 5.91 Å². The molecule has 6 heteroatoms. The topological polar surface area (TPSA) is 38.8 Å². The van der Waals surface area contributed by atoms with Crippen LogP contribution in [0.4, 0.5) is 8.78 Å². The van der Waals surface area contributed by atoms with Gasteiger partial charge in [-0.2, -0.15) is 8.78 Å². The van der Waals surface area contributed by atoms with E-state index in [4.69, 9.17) is 4.74 Å². The summed E-state index contributed by atoms with van der Waals surface area (Å²) in [6.45, 7) is -2.89. The fraction of sp³-hybridized carbons (Fsp3) is 0.562. The van der Waals surface area contributed by atoms with Crippen molar-refractivity contribution in [2.24, 2.45) is 0 Å². The minimum atomic E-state index is -2.89. The van der Waals surface area contributed by atoms with Crippen molar-refractivity contribution in [2.75, 3.05) is 7.11 Å². The molecule has 0 aromatic heterocycles. The highest BCUT2D eigenvalue weighted by Gasteiger charge is 2.43. The van der Waals surface area contributed by atoms with Gasteiger partial charge < -0.3 is 14.4 Å². The number of methoxy groups -OCH3 is 1. The summed E-state index contributed by atoms with van der Waals surface area (Å²) in [7, 11) is 1.70. The Morgan fingerprint density at radius 3 is 2.55 bits per heavy atom. The number of amides is 1. The number of halogens is 2. The molecule has 2 heterocycles. The molecular formula is C16H19F2NO3. The monoisotopic (exact) mass is 311 g/mol. The van der Waals surface area contributed by atoms with Gasteiger partial charge in [0.05, 0.1) is 6.10 Å². The van der Waals surface area contributed by atoms with E-state index in [9.17, 15) is 13.6 Å². The number of benzene rings is 1. The smallest absolute Gasteiger partial charge is 0.387 e. The summed E-state index contributed by atoms with van der Waals surface area (Å²) in [6.07, 6.45) is 3.83. The number of hydrogen-bond acceptors (Lipinski definition) is 3. The first-order valence-electron chi connectivity index (χ1n) is 7.49. The molecule has 1 aromatic rings. The largest absolute Gasteiger partial charge is 0.435 e. The van der Waals surface area contributed by atoms with Gasteiger partial charge in [0.2, 0.25) is 0 Å². The predicted molar refractivity (Wildman–Crippen MR) is 76.1 cm³/mol. The Hall–Kier alpha value is -1.69. The number of nitrogens with zero attached hydrogens (tertiary/aromatic N) is 1. The maximum absolute atomic E-state index is 12.7. The number of carbonyl (C=O) groups is 1. The third-order valence-electron chi connectivity index (χ3n) is 4.56. The summed E-state index contributed by atoms with van der Waals surface area (Å²) in [5.41, 5.74) is 0.394. The molecule has 0 spiro atoms. The number of carbonyl (C=O) groups excluding carboxylic acids is 1. The molecule has 22 heavy (non-hydrogen) atoms. The Morgan fingerprint density at radius 2 is 1.95 bits per heavy atom. The maximum Gasteiger partial charge on any atom is 0.387 e. The Balaban J connectivity index is 1.77. The fourth-order valence-electron chi connectivity index (χ4n) is 3.61. The average molecular weight is 311 g/mol. The van der Waals surface area contributed by atoms with Crippen LogP contribution >= 0.6 is 0 Å². The van der Waals surface area contributed by atoms with Crippen molar-refractivity contribution in [1.29, 1.82) is 0 Å². The van der Waals surface area contributed by atoms with Crippen LogP contribution in [-0.4, -0.2) is 42.7 Å². The second-order valence-electron chi connectivity index (χ2n) is 5.83. The minimum Gasteiger partial charge on any atom is -0.435 e. The van der Waals surface area contributed by atoms with Crippen LogP contribution in [0.25, 0.3) is 0 Å². The fourth-order valence-corrected chi connectivity index (χ4v) is 3.61. The van der Waals surface area contributed by atoms with Gasteiger partial charge in [0, 0.05) is 24.8 Å². The van der Waals surface area contributed by atoms with E-state index in [1.807, 2.05) is 4.90 Å². The molecule has 120 valence electrons. The molecule has 4 nitrogen and oxygen atoms in total. The molecule has 2 aliphatic rings. The second-order valence-corrected chi connectivity index (χ2v) is 5.83. The Bertz CT molecular complexity index is 538. The first-order chi connectivity index (χ1) is 10.6. The third-order valence-corrected chi connectivity index (χ3v) is 4.56. The zero-order valence-corrected chi connectivity index (χ0v) is 12.4. The highest BCUT2D eigenvalue weighted by molar-refractivity contribution is 5.95. The summed E-state index contributed by atoms with van der Waals surface area (Å²) >= 11 is 0. The van der Waals surface area contributed by atoms with Crippen LogP contribution in [0.3, 0.4) is 0 Å². The number of hydrogen-bond donors (Lipinski definition) is 0. The molecular weight excluding hydrogens is 292 g/mol. The molecule has 1 amide bonds. The van der Waals surface area contributed by atoms with Crippen molar-refractivity contribution in [3.05, 3.63) is 29.8 Å². The molecule has 1 unspecified atom stereocenters. The highest BCUT2D eigenvalue weighted by atomic mass is 19.3. The molecule has 3 atom stereocenters. The summed E-state index contributed by atoms with van der Waals surface area (Å²) in [5, 5.41) is 0. The number of rotatable bonds is 4. The van der Waals surface area contributed by atoms with E-state index >= 15 is 0 Å². The van der Waals surface area contributed by atoms with Crippen LogP contribution in [0.5, 0.6) is 5.75 Å². The van der Waals surface area contributed by atoms with Gasteiger partial charge in [-0.25, -0.2) is 0 Å². The lowest BCUT2D eigenvalue weighted by atomic mass is 9.98. The average Bonchev–Trinajstić information content (AvgIpc) is 2.76. The lowest BCUT2D eigenvalue weighted by molar-refractivity contribution is -0.0499. The van der Waals surface area contributed by atoms with E-state index in [1.165, 1.54) is 12.1 Å². The molecule has 3 rings (SSSR count). The van der Waals surface area contributed by atoms with Crippen LogP contribution in [0.1, 0.15) is 36.0 Å². The lowest BCUT2D eigenvalue weighted by Crippen LogP contribution is -2.48. The summed E-state index contributed by atoms with van der Waals surface area (Å²) in [5.74, 6) is -0.0956. The molecule has 2 fully saturated rings.